The molecule has 0 aromatic heterocycles. The Labute approximate surface area is 127 Å². The van der Waals surface area contributed by atoms with E-state index in [1.807, 2.05) is 0 Å². The lowest BCUT2D eigenvalue weighted by Gasteiger charge is -2.09. The van der Waals surface area contributed by atoms with Gasteiger partial charge < -0.3 is 15.8 Å². The number of carbonyl (C=O) groups is 1. The minimum Gasteiger partial charge on any atom is -0.454 e. The third-order valence-electron chi connectivity index (χ3n) is 3.09. The first-order valence-electron chi connectivity index (χ1n) is 5.98. The molecule has 1 amide bonds. The molecule has 7 heteroatoms. The van der Waals surface area contributed by atoms with E-state index in [1.54, 1.807) is 6.07 Å². The maximum Gasteiger partial charge on any atom is 0.245 e. The second-order valence-corrected chi connectivity index (χ2v) is 5.43. The highest BCUT2D eigenvalue weighted by molar-refractivity contribution is 9.10. The minimum atomic E-state index is -1.08. The van der Waals surface area contributed by atoms with Crippen molar-refractivity contribution < 1.29 is 18.3 Å². The summed E-state index contributed by atoms with van der Waals surface area (Å²) in [4.78, 5) is 11.5. The minimum absolute atomic E-state index is 0.254. The van der Waals surface area contributed by atoms with E-state index in [9.17, 15) is 13.6 Å². The van der Waals surface area contributed by atoms with Crippen LogP contribution in [-0.2, 0) is 4.79 Å². The van der Waals surface area contributed by atoms with Crippen molar-refractivity contribution in [1.82, 2.24) is 0 Å². The number of benzene rings is 2. The van der Waals surface area contributed by atoms with E-state index in [-0.39, 0.29) is 17.4 Å². The standard InChI is InChI=1S/C14H9BrF2N2O2/c15-6-3-9(16)12(17)11(4-6)21-7-1-2-8-10(5-7)19-14(20)13(8)18/h1-5,13H,18H2,(H,19,20). The molecule has 3 rings (SSSR count). The van der Waals surface area contributed by atoms with Crippen LogP contribution in [-0.4, -0.2) is 5.91 Å². The van der Waals surface area contributed by atoms with Crippen molar-refractivity contribution in [1.29, 1.82) is 0 Å². The van der Waals surface area contributed by atoms with Gasteiger partial charge in [-0.25, -0.2) is 4.39 Å². The molecule has 0 spiro atoms. The molecule has 1 aliphatic heterocycles. The SMILES string of the molecule is NC1C(=O)Nc2cc(Oc3cc(Br)cc(F)c3F)ccc21. The lowest BCUT2D eigenvalue weighted by atomic mass is 10.1. The van der Waals surface area contributed by atoms with Crippen LogP contribution in [0.3, 0.4) is 0 Å². The van der Waals surface area contributed by atoms with Crippen LogP contribution in [0, 0.1) is 11.6 Å². The second kappa shape index (κ2) is 5.09. The molecular weight excluding hydrogens is 346 g/mol. The van der Waals surface area contributed by atoms with Gasteiger partial charge in [-0.1, -0.05) is 22.0 Å². The van der Waals surface area contributed by atoms with Crippen LogP contribution in [0.1, 0.15) is 11.6 Å². The van der Waals surface area contributed by atoms with Gasteiger partial charge in [-0.05, 0) is 18.2 Å². The van der Waals surface area contributed by atoms with Gasteiger partial charge in [0.25, 0.3) is 0 Å². The molecule has 0 saturated heterocycles. The number of nitrogens with one attached hydrogen (secondary N) is 1. The molecule has 1 heterocycles. The Bertz CT molecular complexity index is 752. The first-order chi connectivity index (χ1) is 9.95. The van der Waals surface area contributed by atoms with Crippen LogP contribution >= 0.6 is 15.9 Å². The van der Waals surface area contributed by atoms with Crippen molar-refractivity contribution in [2.75, 3.05) is 5.32 Å². The topological polar surface area (TPSA) is 64.4 Å². The molecule has 108 valence electrons. The number of amides is 1. The molecular formula is C14H9BrF2N2O2. The third-order valence-corrected chi connectivity index (χ3v) is 3.55. The van der Waals surface area contributed by atoms with Crippen LogP contribution in [0.5, 0.6) is 11.5 Å². The zero-order valence-electron chi connectivity index (χ0n) is 10.5. The van der Waals surface area contributed by atoms with Gasteiger partial charge in [-0.15, -0.1) is 0 Å². The second-order valence-electron chi connectivity index (χ2n) is 4.52. The summed E-state index contributed by atoms with van der Waals surface area (Å²) < 4.78 is 32.6. The fourth-order valence-electron chi connectivity index (χ4n) is 2.06. The summed E-state index contributed by atoms with van der Waals surface area (Å²) in [6.45, 7) is 0. The summed E-state index contributed by atoms with van der Waals surface area (Å²) in [6, 6.07) is 6.25. The number of rotatable bonds is 2. The lowest BCUT2D eigenvalue weighted by molar-refractivity contribution is -0.116. The Balaban J connectivity index is 1.94. The zero-order chi connectivity index (χ0) is 15.1. The maximum absolute atomic E-state index is 13.7. The molecule has 0 bridgehead atoms. The van der Waals surface area contributed by atoms with E-state index in [2.05, 4.69) is 21.2 Å². The Morgan fingerprint density at radius 1 is 1.24 bits per heavy atom. The van der Waals surface area contributed by atoms with Crippen molar-refractivity contribution in [2.45, 2.75) is 6.04 Å². The summed E-state index contributed by atoms with van der Waals surface area (Å²) in [5.74, 6) is -2.41. The number of carbonyl (C=O) groups excluding carboxylic acids is 1. The van der Waals surface area contributed by atoms with E-state index < -0.39 is 17.7 Å². The van der Waals surface area contributed by atoms with Crippen molar-refractivity contribution >= 4 is 27.5 Å². The lowest BCUT2D eigenvalue weighted by Crippen LogP contribution is -2.19. The average Bonchev–Trinajstić information content (AvgIpc) is 2.70. The van der Waals surface area contributed by atoms with E-state index in [0.717, 1.165) is 6.07 Å². The Morgan fingerprint density at radius 2 is 2.00 bits per heavy atom. The van der Waals surface area contributed by atoms with Gasteiger partial charge in [0, 0.05) is 21.8 Å². The average molecular weight is 355 g/mol. The van der Waals surface area contributed by atoms with Gasteiger partial charge in [-0.2, -0.15) is 4.39 Å². The molecule has 1 aliphatic rings. The smallest absolute Gasteiger partial charge is 0.245 e. The fraction of sp³-hybridized carbons (Fsp3) is 0.0714. The van der Waals surface area contributed by atoms with Crippen LogP contribution in [0.15, 0.2) is 34.8 Å². The highest BCUT2D eigenvalue weighted by Crippen LogP contribution is 2.35. The van der Waals surface area contributed by atoms with Crippen molar-refractivity contribution in [2.24, 2.45) is 5.73 Å². The van der Waals surface area contributed by atoms with Gasteiger partial charge in [0.05, 0.1) is 0 Å². The molecule has 0 radical (unpaired) electrons. The van der Waals surface area contributed by atoms with Crippen molar-refractivity contribution in [3.05, 3.63) is 52.0 Å². The molecule has 4 nitrogen and oxygen atoms in total. The van der Waals surface area contributed by atoms with Crippen LogP contribution < -0.4 is 15.8 Å². The molecule has 1 unspecified atom stereocenters. The number of ether oxygens (including phenoxy) is 1. The highest BCUT2D eigenvalue weighted by Gasteiger charge is 2.27. The number of anilines is 1. The first kappa shape index (κ1) is 14.0. The molecule has 0 aliphatic carbocycles. The van der Waals surface area contributed by atoms with Crippen LogP contribution in [0.2, 0.25) is 0 Å². The monoisotopic (exact) mass is 354 g/mol. The van der Waals surface area contributed by atoms with E-state index in [4.69, 9.17) is 10.5 Å². The Morgan fingerprint density at radius 3 is 2.76 bits per heavy atom. The number of halogens is 3. The van der Waals surface area contributed by atoms with Gasteiger partial charge in [0.1, 0.15) is 11.8 Å². The van der Waals surface area contributed by atoms with E-state index in [0.29, 0.717) is 15.7 Å². The number of nitrogens with two attached hydrogens (primary N) is 1. The van der Waals surface area contributed by atoms with Crippen molar-refractivity contribution in [3.8, 4) is 11.5 Å². The quantitative estimate of drug-likeness (QED) is 0.811. The summed E-state index contributed by atoms with van der Waals surface area (Å²) in [5.41, 5.74) is 6.82. The first-order valence-corrected chi connectivity index (χ1v) is 6.78. The Kier molecular flexibility index (Phi) is 3.38. The third kappa shape index (κ3) is 2.50. The largest absolute Gasteiger partial charge is 0.454 e. The molecule has 1 atom stereocenters. The van der Waals surface area contributed by atoms with Gasteiger partial charge in [0.2, 0.25) is 11.7 Å². The maximum atomic E-state index is 13.7. The Hall–Kier alpha value is -1.99. The molecule has 21 heavy (non-hydrogen) atoms. The van der Waals surface area contributed by atoms with E-state index >= 15 is 0 Å². The number of hydrogen-bond acceptors (Lipinski definition) is 3. The summed E-state index contributed by atoms with van der Waals surface area (Å²) in [6.07, 6.45) is 0. The predicted molar refractivity (Wildman–Crippen MR) is 76.1 cm³/mol. The zero-order valence-corrected chi connectivity index (χ0v) is 12.1. The highest BCUT2D eigenvalue weighted by atomic mass is 79.9. The van der Waals surface area contributed by atoms with Gasteiger partial charge in [-0.3, -0.25) is 4.79 Å². The van der Waals surface area contributed by atoms with Crippen LogP contribution in [0.25, 0.3) is 0 Å². The predicted octanol–water partition coefficient (Wildman–Crippen LogP) is 3.47. The normalized spacial score (nSPS) is 16.6. The molecule has 0 fully saturated rings. The fourth-order valence-corrected chi connectivity index (χ4v) is 2.47. The van der Waals surface area contributed by atoms with Crippen LogP contribution in [0.4, 0.5) is 14.5 Å². The molecule has 0 saturated carbocycles. The molecule has 3 N–H and O–H groups in total. The summed E-state index contributed by atoms with van der Waals surface area (Å²) >= 11 is 3.07. The van der Waals surface area contributed by atoms with Gasteiger partial charge >= 0.3 is 0 Å². The number of hydrogen-bond donors (Lipinski definition) is 2. The van der Waals surface area contributed by atoms with Crippen molar-refractivity contribution in [3.63, 3.8) is 0 Å². The van der Waals surface area contributed by atoms with Gasteiger partial charge in [0.15, 0.2) is 11.6 Å². The summed E-state index contributed by atoms with van der Waals surface area (Å²) in [7, 11) is 0. The number of fused-ring (bicyclic) bond motifs is 1. The summed E-state index contributed by atoms with van der Waals surface area (Å²) in [5, 5.41) is 2.59. The molecule has 2 aromatic carbocycles. The molecule has 2 aromatic rings. The van der Waals surface area contributed by atoms with E-state index in [1.165, 1.54) is 18.2 Å².